The number of hydrogen-bond acceptors (Lipinski definition) is 6. The molecule has 32 heavy (non-hydrogen) atoms. The lowest BCUT2D eigenvalue weighted by Gasteiger charge is -2.43. The van der Waals surface area contributed by atoms with Gasteiger partial charge in [-0.15, -0.1) is 23.1 Å². The van der Waals surface area contributed by atoms with Crippen molar-refractivity contribution < 1.29 is 0 Å². The minimum absolute atomic E-state index is 0.292. The van der Waals surface area contributed by atoms with Crippen LogP contribution in [0, 0.1) is 4.64 Å². The van der Waals surface area contributed by atoms with Crippen molar-refractivity contribution in [1.29, 1.82) is 0 Å². The quantitative estimate of drug-likeness (QED) is 0.301. The smallest absolute Gasteiger partial charge is 0.147 e. The van der Waals surface area contributed by atoms with E-state index in [-0.39, 0.29) is 0 Å². The van der Waals surface area contributed by atoms with Crippen LogP contribution in [0.4, 0.5) is 0 Å². The molecule has 6 rings (SSSR count). The average molecular weight is 493 g/mol. The van der Waals surface area contributed by atoms with Crippen molar-refractivity contribution in [2.24, 2.45) is 5.73 Å². The normalized spacial score (nSPS) is 20.0. The summed E-state index contributed by atoms with van der Waals surface area (Å²) in [5.74, 6) is 1.15. The van der Waals surface area contributed by atoms with Crippen molar-refractivity contribution in [2.75, 3.05) is 5.88 Å². The summed E-state index contributed by atoms with van der Waals surface area (Å²) in [4.78, 5) is 9.30. The van der Waals surface area contributed by atoms with E-state index >= 15 is 0 Å². The highest BCUT2D eigenvalue weighted by molar-refractivity contribution is 8.02. The number of nitrogens with two attached hydrogens (primary N) is 1. The number of aromatic nitrogens is 2. The monoisotopic (exact) mass is 492 g/mol. The van der Waals surface area contributed by atoms with Crippen LogP contribution in [0.15, 0.2) is 47.3 Å². The highest BCUT2D eigenvalue weighted by atomic mass is 32.2. The Bertz CT molecular complexity index is 1610. The van der Waals surface area contributed by atoms with E-state index in [0.717, 1.165) is 48.7 Å². The van der Waals surface area contributed by atoms with Crippen molar-refractivity contribution >= 4 is 85.4 Å². The fourth-order valence-corrected chi connectivity index (χ4v) is 7.69. The van der Waals surface area contributed by atoms with Gasteiger partial charge in [-0.1, -0.05) is 43.2 Å². The molecule has 1 aromatic carbocycles. The molecule has 0 radical (unpaired) electrons. The second-order valence-corrected chi connectivity index (χ2v) is 10.8. The number of thiophene rings is 1. The molecular formula is C24H20N4S4. The Morgan fingerprint density at radius 1 is 1.38 bits per heavy atom. The number of benzene rings is 1. The van der Waals surface area contributed by atoms with Gasteiger partial charge < -0.3 is 10.6 Å². The number of allylic oxidation sites excluding steroid dienone is 1. The van der Waals surface area contributed by atoms with Crippen LogP contribution >= 0.6 is 47.5 Å². The number of rotatable bonds is 4. The Morgan fingerprint density at radius 2 is 2.22 bits per heavy atom. The molecule has 2 N–H and O–H groups in total. The Labute approximate surface area is 204 Å². The van der Waals surface area contributed by atoms with E-state index in [1.54, 1.807) is 23.1 Å². The number of thiocarbonyl (C=S) groups is 1. The molecule has 1 aliphatic carbocycles. The van der Waals surface area contributed by atoms with E-state index in [1.807, 2.05) is 11.5 Å². The van der Waals surface area contributed by atoms with Gasteiger partial charge in [-0.05, 0) is 53.3 Å². The maximum Gasteiger partial charge on any atom is 0.147 e. The van der Waals surface area contributed by atoms with E-state index in [9.17, 15) is 0 Å². The second kappa shape index (κ2) is 7.38. The van der Waals surface area contributed by atoms with Crippen LogP contribution in [-0.4, -0.2) is 31.2 Å². The maximum atomic E-state index is 6.00. The molecule has 2 aliphatic rings. The van der Waals surface area contributed by atoms with Gasteiger partial charge in [0.2, 0.25) is 0 Å². The topological polar surface area (TPSA) is 46.6 Å². The Hall–Kier alpha value is -2.26. The van der Waals surface area contributed by atoms with E-state index in [1.165, 1.54) is 16.3 Å². The molecule has 4 aromatic rings. The molecule has 8 heteroatoms. The fourth-order valence-electron chi connectivity index (χ4n) is 5.05. The predicted octanol–water partition coefficient (Wildman–Crippen LogP) is 5.47. The van der Waals surface area contributed by atoms with Gasteiger partial charge in [0.05, 0.1) is 5.88 Å². The molecule has 0 saturated heterocycles. The lowest BCUT2D eigenvalue weighted by Crippen LogP contribution is -2.46. The van der Waals surface area contributed by atoms with Crippen molar-refractivity contribution in [3.8, 4) is 0 Å². The van der Waals surface area contributed by atoms with E-state index in [4.69, 9.17) is 35.2 Å². The summed E-state index contributed by atoms with van der Waals surface area (Å²) in [5.41, 5.74) is 10.7. The molecular weight excluding hydrogens is 473 g/mol. The summed E-state index contributed by atoms with van der Waals surface area (Å²) in [7, 11) is 0. The number of pyridine rings is 1. The summed E-state index contributed by atoms with van der Waals surface area (Å²) >= 11 is 15.4. The molecule has 3 aromatic heterocycles. The van der Waals surface area contributed by atoms with Gasteiger partial charge in [0.25, 0.3) is 0 Å². The Balaban J connectivity index is 1.56. The van der Waals surface area contributed by atoms with Crippen molar-refractivity contribution in [1.82, 2.24) is 14.3 Å². The van der Waals surface area contributed by atoms with Crippen molar-refractivity contribution in [3.05, 3.63) is 68.3 Å². The SMILES string of the molecule is C=C(N)/C=C\SCN1C(=S)c2ccc3c4c2C(CC=c4c(=S)n2c3nc3ccsc32)C1C. The maximum absolute atomic E-state index is 6.00. The van der Waals surface area contributed by atoms with Gasteiger partial charge in [0.15, 0.2) is 0 Å². The molecule has 4 heterocycles. The molecule has 2 atom stereocenters. The minimum Gasteiger partial charge on any atom is -0.399 e. The number of thioether (sulfide) groups is 1. The first-order valence-corrected chi connectivity index (χ1v) is 13.1. The third kappa shape index (κ3) is 2.76. The Kier molecular flexibility index (Phi) is 4.69. The van der Waals surface area contributed by atoms with Crippen molar-refractivity contribution in [3.63, 3.8) is 0 Å². The molecule has 0 bridgehead atoms. The molecule has 2 unspecified atom stereocenters. The first-order valence-electron chi connectivity index (χ1n) is 10.4. The van der Waals surface area contributed by atoms with Crippen molar-refractivity contribution in [2.45, 2.75) is 25.3 Å². The molecule has 160 valence electrons. The Morgan fingerprint density at radius 3 is 3.03 bits per heavy atom. The minimum atomic E-state index is 0.292. The summed E-state index contributed by atoms with van der Waals surface area (Å²) in [5, 5.41) is 7.63. The first-order chi connectivity index (χ1) is 15.5. The first kappa shape index (κ1) is 20.4. The summed E-state index contributed by atoms with van der Waals surface area (Å²) < 4.78 is 3.01. The zero-order valence-electron chi connectivity index (χ0n) is 17.4. The third-order valence-corrected chi connectivity index (χ3v) is 9.06. The zero-order chi connectivity index (χ0) is 22.1. The highest BCUT2D eigenvalue weighted by Crippen LogP contribution is 2.43. The molecule has 0 fully saturated rings. The van der Waals surface area contributed by atoms with Gasteiger partial charge in [0, 0.05) is 33.8 Å². The van der Waals surface area contributed by atoms with Crippen LogP contribution in [0.25, 0.3) is 32.8 Å². The molecule has 0 spiro atoms. The van der Waals surface area contributed by atoms with Crippen LogP contribution in [0.5, 0.6) is 0 Å². The van der Waals surface area contributed by atoms with E-state index in [2.05, 4.69) is 52.5 Å². The standard InChI is InChI=1S/C24H20N4S4/c1-12(25)7-9-31-11-27-13(2)14-3-5-17-20-15(4-6-16(19(14)20)22(27)29)21-26-18-8-10-32-24(18)28(21)23(17)30/h4-10,13-14H,1,3,11,25H2,2H3/b9-7-. The number of fused-ring (bicyclic) bond motifs is 4. The molecule has 0 amide bonds. The van der Waals surface area contributed by atoms with Gasteiger partial charge in [-0.25, -0.2) is 4.98 Å². The lowest BCUT2D eigenvalue weighted by molar-refractivity contribution is 0.322. The average Bonchev–Trinajstić information content (AvgIpc) is 3.36. The fraction of sp³-hybridized carbons (Fsp3) is 0.208. The van der Waals surface area contributed by atoms with Crippen LogP contribution < -0.4 is 11.0 Å². The van der Waals surface area contributed by atoms with Gasteiger partial charge in [0.1, 0.15) is 25.6 Å². The molecule has 4 nitrogen and oxygen atoms in total. The van der Waals surface area contributed by atoms with Crippen LogP contribution in [0.2, 0.25) is 0 Å². The summed E-state index contributed by atoms with van der Waals surface area (Å²) in [6.07, 6.45) is 5.12. The van der Waals surface area contributed by atoms with Gasteiger partial charge in [-0.3, -0.25) is 4.40 Å². The van der Waals surface area contributed by atoms with E-state index in [0.29, 0.717) is 17.7 Å². The molecule has 1 aliphatic heterocycles. The largest absolute Gasteiger partial charge is 0.399 e. The van der Waals surface area contributed by atoms with Gasteiger partial charge >= 0.3 is 0 Å². The lowest BCUT2D eigenvalue weighted by atomic mass is 9.77. The summed E-state index contributed by atoms with van der Waals surface area (Å²) in [6.45, 7) is 6.00. The second-order valence-electron chi connectivity index (χ2n) is 8.29. The van der Waals surface area contributed by atoms with Crippen LogP contribution in [0.3, 0.4) is 0 Å². The predicted molar refractivity (Wildman–Crippen MR) is 144 cm³/mol. The zero-order valence-corrected chi connectivity index (χ0v) is 20.6. The molecule has 0 saturated carbocycles. The summed E-state index contributed by atoms with van der Waals surface area (Å²) in [6, 6.07) is 6.73. The number of imidazole rings is 1. The van der Waals surface area contributed by atoms with Gasteiger partial charge in [-0.2, -0.15) is 0 Å². The third-order valence-electron chi connectivity index (χ3n) is 6.56. The highest BCUT2D eigenvalue weighted by Gasteiger charge is 2.37. The van der Waals surface area contributed by atoms with E-state index < -0.39 is 0 Å². The van der Waals surface area contributed by atoms with Crippen LogP contribution in [-0.2, 0) is 0 Å². The number of nitrogens with zero attached hydrogens (tertiary/aromatic N) is 3. The number of hydrogen-bond donors (Lipinski definition) is 1. The van der Waals surface area contributed by atoms with Crippen LogP contribution in [0.1, 0.15) is 30.4 Å².